The van der Waals surface area contributed by atoms with Crippen LogP contribution in [0.3, 0.4) is 0 Å². The van der Waals surface area contributed by atoms with E-state index in [2.05, 4.69) is 0 Å². The fraction of sp³-hybridized carbons (Fsp3) is 0.900. The summed E-state index contributed by atoms with van der Waals surface area (Å²) in [5, 5.41) is 0. The number of hydrogen-bond acceptors (Lipinski definition) is 3. The van der Waals surface area contributed by atoms with Gasteiger partial charge in [0.1, 0.15) is 5.60 Å². The molecule has 1 atom stereocenters. The van der Waals surface area contributed by atoms with Gasteiger partial charge in [0.25, 0.3) is 0 Å². The van der Waals surface area contributed by atoms with Gasteiger partial charge in [0.15, 0.2) is 0 Å². The van der Waals surface area contributed by atoms with Crippen molar-refractivity contribution in [3.05, 3.63) is 0 Å². The van der Waals surface area contributed by atoms with Crippen molar-refractivity contribution in [3.8, 4) is 0 Å². The summed E-state index contributed by atoms with van der Waals surface area (Å²) in [7, 11) is 1.64. The first-order chi connectivity index (χ1) is 5.85. The van der Waals surface area contributed by atoms with Crippen molar-refractivity contribution in [1.82, 2.24) is 0 Å². The van der Waals surface area contributed by atoms with Crippen LogP contribution in [0.25, 0.3) is 0 Å². The lowest BCUT2D eigenvalue weighted by Crippen LogP contribution is -2.24. The van der Waals surface area contributed by atoms with Gasteiger partial charge in [-0.3, -0.25) is 4.79 Å². The molecule has 78 valence electrons. The van der Waals surface area contributed by atoms with Crippen LogP contribution in [0.2, 0.25) is 0 Å². The van der Waals surface area contributed by atoms with Crippen LogP contribution >= 0.6 is 0 Å². The Kier molecular flexibility index (Phi) is 4.99. The van der Waals surface area contributed by atoms with Crippen molar-refractivity contribution in [2.24, 2.45) is 0 Å². The zero-order valence-electron chi connectivity index (χ0n) is 9.22. The molecule has 0 aromatic rings. The highest BCUT2D eigenvalue weighted by molar-refractivity contribution is 5.69. The molecular weight excluding hydrogens is 168 g/mol. The van der Waals surface area contributed by atoms with E-state index in [4.69, 9.17) is 9.47 Å². The van der Waals surface area contributed by atoms with Gasteiger partial charge >= 0.3 is 5.97 Å². The van der Waals surface area contributed by atoms with Crippen molar-refractivity contribution in [3.63, 3.8) is 0 Å². The molecule has 0 radical (unpaired) electrons. The molecule has 0 amide bonds. The van der Waals surface area contributed by atoms with Crippen LogP contribution in [0, 0.1) is 0 Å². The summed E-state index contributed by atoms with van der Waals surface area (Å²) in [5.74, 6) is -0.156. The zero-order chi connectivity index (χ0) is 10.5. The lowest BCUT2D eigenvalue weighted by Gasteiger charge is -2.19. The molecule has 1 unspecified atom stereocenters. The Morgan fingerprint density at radius 1 is 1.38 bits per heavy atom. The zero-order valence-corrected chi connectivity index (χ0v) is 9.22. The summed E-state index contributed by atoms with van der Waals surface area (Å²) in [6.07, 6.45) is 1.25. The Bertz CT molecular complexity index is 158. The Balaban J connectivity index is 3.64. The van der Waals surface area contributed by atoms with Crippen molar-refractivity contribution >= 4 is 5.97 Å². The summed E-state index contributed by atoms with van der Waals surface area (Å²) >= 11 is 0. The lowest BCUT2D eigenvalue weighted by molar-refractivity contribution is -0.155. The topological polar surface area (TPSA) is 35.5 Å². The number of esters is 1. The minimum absolute atomic E-state index is 0.118. The lowest BCUT2D eigenvalue weighted by atomic mass is 10.2. The summed E-state index contributed by atoms with van der Waals surface area (Å²) in [4.78, 5) is 11.2. The van der Waals surface area contributed by atoms with Crippen LogP contribution in [0.1, 0.15) is 40.5 Å². The Hall–Kier alpha value is -0.570. The van der Waals surface area contributed by atoms with Gasteiger partial charge in [-0.05, 0) is 34.1 Å². The molecule has 0 aromatic carbocycles. The maximum atomic E-state index is 11.2. The van der Waals surface area contributed by atoms with Gasteiger partial charge < -0.3 is 9.47 Å². The molecule has 3 nitrogen and oxygen atoms in total. The molecule has 0 bridgehead atoms. The predicted molar refractivity (Wildman–Crippen MR) is 51.6 cm³/mol. The third-order valence-corrected chi connectivity index (χ3v) is 1.58. The van der Waals surface area contributed by atoms with Crippen LogP contribution < -0.4 is 0 Å². The smallest absolute Gasteiger partial charge is 0.306 e. The van der Waals surface area contributed by atoms with Crippen molar-refractivity contribution in [2.75, 3.05) is 7.11 Å². The van der Waals surface area contributed by atoms with E-state index in [-0.39, 0.29) is 17.7 Å². The Labute approximate surface area is 80.4 Å². The standard InChI is InChI=1S/C10H20O3/c1-8(12-5)6-7-9(11)13-10(2,3)4/h8H,6-7H2,1-5H3. The van der Waals surface area contributed by atoms with Gasteiger partial charge in [-0.15, -0.1) is 0 Å². The van der Waals surface area contributed by atoms with E-state index in [1.54, 1.807) is 7.11 Å². The second kappa shape index (κ2) is 5.22. The van der Waals surface area contributed by atoms with E-state index in [1.165, 1.54) is 0 Å². The fourth-order valence-corrected chi connectivity index (χ4v) is 0.832. The minimum atomic E-state index is -0.382. The highest BCUT2D eigenvalue weighted by atomic mass is 16.6. The summed E-state index contributed by atoms with van der Waals surface area (Å²) in [6.45, 7) is 7.53. The number of rotatable bonds is 4. The number of hydrogen-bond donors (Lipinski definition) is 0. The van der Waals surface area contributed by atoms with Gasteiger partial charge in [-0.25, -0.2) is 0 Å². The molecule has 3 heteroatoms. The average Bonchev–Trinajstić information content (AvgIpc) is 1.97. The quantitative estimate of drug-likeness (QED) is 0.634. The van der Waals surface area contributed by atoms with Gasteiger partial charge in [-0.1, -0.05) is 0 Å². The van der Waals surface area contributed by atoms with Gasteiger partial charge in [0, 0.05) is 13.5 Å². The van der Waals surface area contributed by atoms with Crippen LogP contribution in [0.15, 0.2) is 0 Å². The van der Waals surface area contributed by atoms with Crippen molar-refractivity contribution in [2.45, 2.75) is 52.2 Å². The first kappa shape index (κ1) is 12.4. The van der Waals surface area contributed by atoms with E-state index in [9.17, 15) is 4.79 Å². The second-order valence-electron chi connectivity index (χ2n) is 4.17. The van der Waals surface area contributed by atoms with Crippen LogP contribution in [0.5, 0.6) is 0 Å². The number of carbonyl (C=O) groups excluding carboxylic acids is 1. The molecule has 0 rings (SSSR count). The number of carbonyl (C=O) groups is 1. The molecule has 0 spiro atoms. The van der Waals surface area contributed by atoms with E-state index in [0.717, 1.165) is 0 Å². The molecule has 0 aromatic heterocycles. The molecule has 0 fully saturated rings. The maximum Gasteiger partial charge on any atom is 0.306 e. The van der Waals surface area contributed by atoms with Gasteiger partial charge in [0.2, 0.25) is 0 Å². The van der Waals surface area contributed by atoms with Crippen LogP contribution in [-0.4, -0.2) is 24.8 Å². The number of methoxy groups -OCH3 is 1. The normalized spacial score (nSPS) is 13.9. The van der Waals surface area contributed by atoms with E-state index >= 15 is 0 Å². The minimum Gasteiger partial charge on any atom is -0.460 e. The Morgan fingerprint density at radius 3 is 2.31 bits per heavy atom. The molecular formula is C10H20O3. The van der Waals surface area contributed by atoms with E-state index < -0.39 is 0 Å². The molecule has 0 N–H and O–H groups in total. The molecule has 0 heterocycles. The highest BCUT2D eigenvalue weighted by Gasteiger charge is 2.16. The molecule has 13 heavy (non-hydrogen) atoms. The van der Waals surface area contributed by atoms with E-state index in [1.807, 2.05) is 27.7 Å². The van der Waals surface area contributed by atoms with Crippen LogP contribution in [-0.2, 0) is 14.3 Å². The third kappa shape index (κ3) is 7.78. The SMILES string of the molecule is COC(C)CCC(=O)OC(C)(C)C. The fourth-order valence-electron chi connectivity index (χ4n) is 0.832. The molecule has 0 saturated carbocycles. The largest absolute Gasteiger partial charge is 0.460 e. The van der Waals surface area contributed by atoms with Crippen molar-refractivity contribution in [1.29, 1.82) is 0 Å². The molecule has 0 aliphatic carbocycles. The monoisotopic (exact) mass is 188 g/mol. The highest BCUT2D eigenvalue weighted by Crippen LogP contribution is 2.10. The molecule has 0 aliphatic heterocycles. The summed E-state index contributed by atoms with van der Waals surface area (Å²) < 4.78 is 10.2. The summed E-state index contributed by atoms with van der Waals surface area (Å²) in [6, 6.07) is 0. The predicted octanol–water partition coefficient (Wildman–Crippen LogP) is 2.14. The van der Waals surface area contributed by atoms with Crippen molar-refractivity contribution < 1.29 is 14.3 Å². The van der Waals surface area contributed by atoms with Gasteiger partial charge in [-0.2, -0.15) is 0 Å². The summed E-state index contributed by atoms with van der Waals surface area (Å²) in [5.41, 5.74) is -0.382. The average molecular weight is 188 g/mol. The maximum absolute atomic E-state index is 11.2. The molecule has 0 saturated heterocycles. The first-order valence-corrected chi connectivity index (χ1v) is 4.60. The van der Waals surface area contributed by atoms with Gasteiger partial charge in [0.05, 0.1) is 6.10 Å². The van der Waals surface area contributed by atoms with Crippen LogP contribution in [0.4, 0.5) is 0 Å². The van der Waals surface area contributed by atoms with E-state index in [0.29, 0.717) is 12.8 Å². The Morgan fingerprint density at radius 2 is 1.92 bits per heavy atom. The first-order valence-electron chi connectivity index (χ1n) is 4.60. The second-order valence-corrected chi connectivity index (χ2v) is 4.17. The third-order valence-electron chi connectivity index (χ3n) is 1.58. The number of ether oxygens (including phenoxy) is 2. The molecule has 0 aliphatic rings.